The largest absolute Gasteiger partial charge is 0.338 e. The van der Waals surface area contributed by atoms with E-state index in [4.69, 9.17) is 5.73 Å². The van der Waals surface area contributed by atoms with E-state index < -0.39 is 0 Å². The van der Waals surface area contributed by atoms with Gasteiger partial charge < -0.3 is 10.6 Å². The molecule has 1 aromatic rings. The van der Waals surface area contributed by atoms with Crippen LogP contribution in [-0.4, -0.2) is 29.9 Å². The molecule has 3 heteroatoms. The zero-order valence-electron chi connectivity index (χ0n) is 13.1. The fourth-order valence-corrected chi connectivity index (χ4v) is 3.34. The number of piperidine rings is 1. The lowest BCUT2D eigenvalue weighted by Crippen LogP contribution is -2.49. The number of hydrogen-bond acceptors (Lipinski definition) is 2. The first-order valence-corrected chi connectivity index (χ1v) is 7.56. The molecular weight excluding hydrogens is 248 g/mol. The van der Waals surface area contributed by atoms with Gasteiger partial charge in [-0.05, 0) is 44.2 Å². The average molecular weight is 274 g/mol. The maximum atomic E-state index is 12.8. The van der Waals surface area contributed by atoms with E-state index in [2.05, 4.69) is 26.0 Å². The van der Waals surface area contributed by atoms with Crippen LogP contribution in [0, 0.1) is 26.7 Å². The quantitative estimate of drug-likeness (QED) is 0.901. The van der Waals surface area contributed by atoms with E-state index in [1.807, 2.05) is 18.7 Å². The van der Waals surface area contributed by atoms with E-state index in [9.17, 15) is 4.79 Å². The normalized spacial score (nSPS) is 22.9. The Morgan fingerprint density at radius 1 is 1.30 bits per heavy atom. The van der Waals surface area contributed by atoms with E-state index >= 15 is 0 Å². The van der Waals surface area contributed by atoms with Gasteiger partial charge in [0.25, 0.3) is 5.91 Å². The molecule has 0 bridgehead atoms. The Hall–Kier alpha value is -1.35. The molecule has 2 rings (SSSR count). The molecule has 2 unspecified atom stereocenters. The minimum Gasteiger partial charge on any atom is -0.338 e. The van der Waals surface area contributed by atoms with Crippen molar-refractivity contribution >= 4 is 5.91 Å². The topological polar surface area (TPSA) is 46.3 Å². The molecule has 110 valence electrons. The van der Waals surface area contributed by atoms with Crippen molar-refractivity contribution in [3.63, 3.8) is 0 Å². The number of carbonyl (C=O) groups is 1. The van der Waals surface area contributed by atoms with Gasteiger partial charge in [0.05, 0.1) is 0 Å². The number of rotatable bonds is 2. The first-order chi connectivity index (χ1) is 9.43. The Kier molecular flexibility index (Phi) is 4.48. The summed E-state index contributed by atoms with van der Waals surface area (Å²) in [7, 11) is 0. The summed E-state index contributed by atoms with van der Waals surface area (Å²) in [5.41, 5.74) is 10.4. The first-order valence-electron chi connectivity index (χ1n) is 7.56. The fraction of sp³-hybridized carbons (Fsp3) is 0.588. The van der Waals surface area contributed by atoms with E-state index in [1.165, 1.54) is 5.56 Å². The lowest BCUT2D eigenvalue weighted by Gasteiger charge is -2.37. The average Bonchev–Trinajstić information content (AvgIpc) is 2.37. The summed E-state index contributed by atoms with van der Waals surface area (Å²) in [6, 6.07) is 4.42. The number of amides is 1. The molecule has 1 amide bonds. The maximum Gasteiger partial charge on any atom is 0.254 e. The molecule has 20 heavy (non-hydrogen) atoms. The SMILES string of the molecule is CCC1CN(C(=O)c2c(C)cc(C)cc2C)CCC1N. The van der Waals surface area contributed by atoms with Crippen molar-refractivity contribution in [3.05, 3.63) is 34.4 Å². The molecule has 0 radical (unpaired) electrons. The molecule has 0 saturated carbocycles. The highest BCUT2D eigenvalue weighted by atomic mass is 16.2. The molecule has 0 spiro atoms. The Bertz CT molecular complexity index is 487. The predicted molar refractivity (Wildman–Crippen MR) is 82.9 cm³/mol. The van der Waals surface area contributed by atoms with Crippen molar-refractivity contribution in [2.45, 2.75) is 46.6 Å². The minimum absolute atomic E-state index is 0.172. The highest BCUT2D eigenvalue weighted by molar-refractivity contribution is 5.97. The molecule has 0 aliphatic carbocycles. The third kappa shape index (κ3) is 2.88. The second kappa shape index (κ2) is 5.96. The number of hydrogen-bond donors (Lipinski definition) is 1. The number of likely N-dealkylation sites (tertiary alicyclic amines) is 1. The fourth-order valence-electron chi connectivity index (χ4n) is 3.34. The van der Waals surface area contributed by atoms with Gasteiger partial charge in [-0.1, -0.05) is 31.0 Å². The lowest BCUT2D eigenvalue weighted by molar-refractivity contribution is 0.0647. The van der Waals surface area contributed by atoms with Crippen LogP contribution in [-0.2, 0) is 0 Å². The molecule has 3 nitrogen and oxygen atoms in total. The molecule has 1 aliphatic rings. The minimum atomic E-state index is 0.172. The highest BCUT2D eigenvalue weighted by Gasteiger charge is 2.29. The maximum absolute atomic E-state index is 12.8. The monoisotopic (exact) mass is 274 g/mol. The standard InChI is InChI=1S/C17H26N2O/c1-5-14-10-19(7-6-15(14)18)17(20)16-12(3)8-11(2)9-13(16)4/h8-9,14-15H,5-7,10,18H2,1-4H3. The third-order valence-electron chi connectivity index (χ3n) is 4.50. The molecule has 1 heterocycles. The van der Waals surface area contributed by atoms with Gasteiger partial charge in [0.2, 0.25) is 0 Å². The number of carbonyl (C=O) groups excluding carboxylic acids is 1. The lowest BCUT2D eigenvalue weighted by atomic mass is 9.89. The molecule has 0 aromatic heterocycles. The van der Waals surface area contributed by atoms with Crippen molar-refractivity contribution in [1.29, 1.82) is 0 Å². The molecule has 1 aromatic carbocycles. The van der Waals surface area contributed by atoms with Crippen LogP contribution >= 0.6 is 0 Å². The van der Waals surface area contributed by atoms with Crippen LogP contribution < -0.4 is 5.73 Å². The summed E-state index contributed by atoms with van der Waals surface area (Å²) >= 11 is 0. The zero-order chi connectivity index (χ0) is 14.9. The number of nitrogens with zero attached hydrogens (tertiary/aromatic N) is 1. The van der Waals surface area contributed by atoms with E-state index in [0.29, 0.717) is 5.92 Å². The van der Waals surface area contributed by atoms with Crippen LogP contribution in [0.25, 0.3) is 0 Å². The number of aryl methyl sites for hydroxylation is 3. The predicted octanol–water partition coefficient (Wildman–Crippen LogP) is 2.81. The van der Waals surface area contributed by atoms with Gasteiger partial charge in [0, 0.05) is 24.7 Å². The Morgan fingerprint density at radius 3 is 2.45 bits per heavy atom. The van der Waals surface area contributed by atoms with E-state index in [0.717, 1.165) is 42.6 Å². The van der Waals surface area contributed by atoms with Gasteiger partial charge in [-0.25, -0.2) is 0 Å². The van der Waals surface area contributed by atoms with Crippen LogP contribution in [0.5, 0.6) is 0 Å². The summed E-state index contributed by atoms with van der Waals surface area (Å²) in [6.45, 7) is 9.86. The van der Waals surface area contributed by atoms with Crippen LogP contribution in [0.4, 0.5) is 0 Å². The first kappa shape index (κ1) is 15.0. The molecule has 1 aliphatic heterocycles. The zero-order valence-corrected chi connectivity index (χ0v) is 13.1. The van der Waals surface area contributed by atoms with Crippen LogP contribution in [0.15, 0.2) is 12.1 Å². The van der Waals surface area contributed by atoms with Crippen molar-refractivity contribution < 1.29 is 4.79 Å². The smallest absolute Gasteiger partial charge is 0.254 e. The molecule has 1 fully saturated rings. The van der Waals surface area contributed by atoms with Gasteiger partial charge in [-0.3, -0.25) is 4.79 Å². The summed E-state index contributed by atoms with van der Waals surface area (Å²) in [5, 5.41) is 0. The molecule has 2 N–H and O–H groups in total. The summed E-state index contributed by atoms with van der Waals surface area (Å²) < 4.78 is 0. The van der Waals surface area contributed by atoms with Gasteiger partial charge in [-0.2, -0.15) is 0 Å². The Labute approximate surface area is 122 Å². The number of benzene rings is 1. The second-order valence-corrected chi connectivity index (χ2v) is 6.15. The van der Waals surface area contributed by atoms with E-state index in [-0.39, 0.29) is 11.9 Å². The van der Waals surface area contributed by atoms with Gasteiger partial charge in [0.15, 0.2) is 0 Å². The van der Waals surface area contributed by atoms with Crippen LogP contribution in [0.3, 0.4) is 0 Å². The Balaban J connectivity index is 2.24. The van der Waals surface area contributed by atoms with E-state index in [1.54, 1.807) is 0 Å². The number of nitrogens with two attached hydrogens (primary N) is 1. The van der Waals surface area contributed by atoms with Crippen molar-refractivity contribution in [3.8, 4) is 0 Å². The molecule has 1 saturated heterocycles. The van der Waals surface area contributed by atoms with Crippen molar-refractivity contribution in [1.82, 2.24) is 4.90 Å². The van der Waals surface area contributed by atoms with Gasteiger partial charge >= 0.3 is 0 Å². The summed E-state index contributed by atoms with van der Waals surface area (Å²) in [5.74, 6) is 0.601. The summed E-state index contributed by atoms with van der Waals surface area (Å²) in [6.07, 6.45) is 1.95. The Morgan fingerprint density at radius 2 is 1.90 bits per heavy atom. The molecule has 2 atom stereocenters. The van der Waals surface area contributed by atoms with Crippen molar-refractivity contribution in [2.24, 2.45) is 11.7 Å². The van der Waals surface area contributed by atoms with Crippen LogP contribution in [0.2, 0.25) is 0 Å². The summed E-state index contributed by atoms with van der Waals surface area (Å²) in [4.78, 5) is 14.8. The molecular formula is C17H26N2O. The van der Waals surface area contributed by atoms with Crippen molar-refractivity contribution in [2.75, 3.05) is 13.1 Å². The second-order valence-electron chi connectivity index (χ2n) is 6.15. The van der Waals surface area contributed by atoms with Gasteiger partial charge in [-0.15, -0.1) is 0 Å². The highest BCUT2D eigenvalue weighted by Crippen LogP contribution is 2.23. The van der Waals surface area contributed by atoms with Crippen LogP contribution in [0.1, 0.15) is 46.8 Å². The van der Waals surface area contributed by atoms with Gasteiger partial charge in [0.1, 0.15) is 0 Å². The third-order valence-corrected chi connectivity index (χ3v) is 4.50.